The lowest BCUT2D eigenvalue weighted by Gasteiger charge is -2.02. The molecule has 2 N–H and O–H groups in total. The summed E-state index contributed by atoms with van der Waals surface area (Å²) in [6.45, 7) is 0. The maximum Gasteiger partial charge on any atom is 0.381 e. The van der Waals surface area contributed by atoms with E-state index in [0.29, 0.717) is 0 Å². The van der Waals surface area contributed by atoms with Crippen LogP contribution in [0.15, 0.2) is 67.0 Å². The van der Waals surface area contributed by atoms with E-state index in [4.69, 9.17) is 14.9 Å². The second kappa shape index (κ2) is 10.0. The Morgan fingerprint density at radius 1 is 0.867 bits per heavy atom. The molecular weight excluding hydrogens is 398 g/mol. The molecule has 0 amide bonds. The number of hydrogen-bond acceptors (Lipinski definition) is 8. The molecule has 11 nitrogen and oxygen atoms in total. The highest BCUT2D eigenvalue weighted by atomic mass is 16.6. The van der Waals surface area contributed by atoms with Gasteiger partial charge in [-0.25, -0.2) is 24.4 Å². The topological polar surface area (TPSA) is 170 Å². The van der Waals surface area contributed by atoms with Crippen molar-refractivity contribution in [3.05, 3.63) is 94.1 Å². The Bertz CT molecular complexity index is 1040. The second-order valence-corrected chi connectivity index (χ2v) is 5.40. The number of rotatable bonds is 5. The molecule has 0 saturated heterocycles. The molecule has 1 heterocycles. The van der Waals surface area contributed by atoms with E-state index in [9.17, 15) is 24.5 Å². The lowest BCUT2D eigenvalue weighted by Crippen LogP contribution is -2.12. The Labute approximate surface area is 168 Å². The summed E-state index contributed by atoms with van der Waals surface area (Å²) >= 11 is 0. The van der Waals surface area contributed by atoms with Gasteiger partial charge in [0.2, 0.25) is 5.82 Å². The second-order valence-electron chi connectivity index (χ2n) is 5.40. The SMILES string of the molecule is O=C(O)c1cccc(C(=O)O)c1.O=C(Oc1ccc([N+](=O)[O-])cc1)c1ncccn1. The summed E-state index contributed by atoms with van der Waals surface area (Å²) in [6, 6.07) is 11.9. The van der Waals surface area contributed by atoms with E-state index < -0.39 is 22.8 Å². The van der Waals surface area contributed by atoms with E-state index in [2.05, 4.69) is 9.97 Å². The predicted octanol–water partition coefficient (Wildman–Crippen LogP) is 2.69. The number of benzene rings is 2. The van der Waals surface area contributed by atoms with Crippen molar-refractivity contribution in [2.75, 3.05) is 0 Å². The number of esters is 1. The molecule has 2 aromatic carbocycles. The number of ether oxygens (including phenoxy) is 1. The van der Waals surface area contributed by atoms with Gasteiger partial charge in [-0.05, 0) is 36.4 Å². The lowest BCUT2D eigenvalue weighted by atomic mass is 10.1. The fourth-order valence-corrected chi connectivity index (χ4v) is 1.98. The normalized spacial score (nSPS) is 9.60. The number of nitro groups is 1. The maximum atomic E-state index is 11.6. The maximum absolute atomic E-state index is 11.6. The van der Waals surface area contributed by atoms with Crippen LogP contribution in [0.4, 0.5) is 5.69 Å². The van der Waals surface area contributed by atoms with Gasteiger partial charge in [0, 0.05) is 24.5 Å². The molecule has 3 aromatic rings. The highest BCUT2D eigenvalue weighted by molar-refractivity contribution is 5.93. The van der Waals surface area contributed by atoms with Crippen molar-refractivity contribution < 1.29 is 34.3 Å². The molecule has 0 spiro atoms. The summed E-state index contributed by atoms with van der Waals surface area (Å²) in [5.41, 5.74) is -0.115. The number of carboxylic acid groups (broad SMARTS) is 2. The minimum Gasteiger partial charge on any atom is -0.478 e. The number of nitrogens with zero attached hydrogens (tertiary/aromatic N) is 3. The third kappa shape index (κ3) is 6.20. The number of carboxylic acids is 2. The number of nitro benzene ring substituents is 1. The van der Waals surface area contributed by atoms with Crippen molar-refractivity contribution in [3.63, 3.8) is 0 Å². The zero-order chi connectivity index (χ0) is 22.1. The van der Waals surface area contributed by atoms with E-state index in [0.717, 1.165) is 6.07 Å². The summed E-state index contributed by atoms with van der Waals surface area (Å²) in [5.74, 6) is -2.85. The first-order valence-corrected chi connectivity index (χ1v) is 8.08. The summed E-state index contributed by atoms with van der Waals surface area (Å²) in [4.78, 5) is 49.7. The van der Waals surface area contributed by atoms with Gasteiger partial charge in [0.05, 0.1) is 16.1 Å². The molecule has 152 valence electrons. The van der Waals surface area contributed by atoms with Crippen molar-refractivity contribution in [3.8, 4) is 5.75 Å². The van der Waals surface area contributed by atoms with Gasteiger partial charge < -0.3 is 14.9 Å². The minimum absolute atomic E-state index is 0.0186. The van der Waals surface area contributed by atoms with Crippen LogP contribution in [0.3, 0.4) is 0 Å². The molecule has 1 aromatic heterocycles. The molecule has 0 radical (unpaired) electrons. The molecule has 0 saturated carbocycles. The minimum atomic E-state index is -1.13. The molecule has 0 atom stereocenters. The van der Waals surface area contributed by atoms with Gasteiger partial charge in [-0.1, -0.05) is 6.07 Å². The van der Waals surface area contributed by atoms with Gasteiger partial charge in [-0.2, -0.15) is 0 Å². The van der Waals surface area contributed by atoms with Crippen LogP contribution < -0.4 is 4.74 Å². The van der Waals surface area contributed by atoms with E-state index in [1.54, 1.807) is 6.07 Å². The molecule has 0 aliphatic rings. The molecule has 0 unspecified atom stereocenters. The Kier molecular flexibility index (Phi) is 7.23. The Morgan fingerprint density at radius 2 is 1.40 bits per heavy atom. The number of carbonyl (C=O) groups excluding carboxylic acids is 1. The molecule has 0 bridgehead atoms. The fraction of sp³-hybridized carbons (Fsp3) is 0. The van der Waals surface area contributed by atoms with Gasteiger partial charge in [-0.15, -0.1) is 0 Å². The molecule has 11 heteroatoms. The quantitative estimate of drug-likeness (QED) is 0.275. The van der Waals surface area contributed by atoms with Crippen LogP contribution in [0.2, 0.25) is 0 Å². The molecule has 30 heavy (non-hydrogen) atoms. The number of aromatic carboxylic acids is 2. The van der Waals surface area contributed by atoms with E-state index in [1.165, 1.54) is 54.9 Å². The molecular formula is C19H13N3O8. The number of carbonyl (C=O) groups is 3. The standard InChI is InChI=1S/C11H7N3O4.C8H6O4/c15-11(10-12-6-1-7-13-10)18-9-4-2-8(3-5-9)14(16)17;9-7(10)5-2-1-3-6(4-5)8(11)12/h1-7H;1-4H,(H,9,10)(H,11,12). The average molecular weight is 411 g/mol. The first-order valence-electron chi connectivity index (χ1n) is 8.08. The third-order valence-electron chi connectivity index (χ3n) is 3.36. The Balaban J connectivity index is 0.000000232. The van der Waals surface area contributed by atoms with Crippen molar-refractivity contribution in [1.82, 2.24) is 9.97 Å². The summed E-state index contributed by atoms with van der Waals surface area (Å²) in [6.07, 6.45) is 2.83. The lowest BCUT2D eigenvalue weighted by molar-refractivity contribution is -0.384. The smallest absolute Gasteiger partial charge is 0.381 e. The largest absolute Gasteiger partial charge is 0.478 e. The van der Waals surface area contributed by atoms with Crippen LogP contribution in [0.25, 0.3) is 0 Å². The average Bonchev–Trinajstić information content (AvgIpc) is 2.75. The van der Waals surface area contributed by atoms with E-state index in [1.807, 2.05) is 0 Å². The first kappa shape index (κ1) is 21.6. The summed E-state index contributed by atoms with van der Waals surface area (Å²) in [7, 11) is 0. The van der Waals surface area contributed by atoms with Crippen LogP contribution >= 0.6 is 0 Å². The third-order valence-corrected chi connectivity index (χ3v) is 3.36. The van der Waals surface area contributed by atoms with Crippen molar-refractivity contribution in [2.24, 2.45) is 0 Å². The Morgan fingerprint density at radius 3 is 1.87 bits per heavy atom. The van der Waals surface area contributed by atoms with Crippen LogP contribution in [-0.2, 0) is 0 Å². The van der Waals surface area contributed by atoms with Crippen LogP contribution in [0.1, 0.15) is 31.3 Å². The van der Waals surface area contributed by atoms with Crippen molar-refractivity contribution >= 4 is 23.6 Å². The zero-order valence-corrected chi connectivity index (χ0v) is 15.0. The fourth-order valence-electron chi connectivity index (χ4n) is 1.98. The number of aromatic nitrogens is 2. The van der Waals surface area contributed by atoms with Crippen LogP contribution in [0.5, 0.6) is 5.75 Å². The van der Waals surface area contributed by atoms with Gasteiger partial charge in [0.15, 0.2) is 0 Å². The number of non-ortho nitro benzene ring substituents is 1. The summed E-state index contributed by atoms with van der Waals surface area (Å²) in [5, 5.41) is 27.4. The van der Waals surface area contributed by atoms with Crippen molar-refractivity contribution in [2.45, 2.75) is 0 Å². The van der Waals surface area contributed by atoms with Gasteiger partial charge >= 0.3 is 17.9 Å². The highest BCUT2D eigenvalue weighted by Crippen LogP contribution is 2.17. The highest BCUT2D eigenvalue weighted by Gasteiger charge is 2.12. The van der Waals surface area contributed by atoms with E-state index in [-0.39, 0.29) is 28.4 Å². The molecule has 0 fully saturated rings. The van der Waals surface area contributed by atoms with Crippen LogP contribution in [0, 0.1) is 10.1 Å². The first-order chi connectivity index (χ1) is 14.3. The van der Waals surface area contributed by atoms with Crippen molar-refractivity contribution in [1.29, 1.82) is 0 Å². The van der Waals surface area contributed by atoms with Gasteiger partial charge in [-0.3, -0.25) is 10.1 Å². The number of hydrogen-bond donors (Lipinski definition) is 2. The molecule has 3 rings (SSSR count). The molecule has 0 aliphatic heterocycles. The van der Waals surface area contributed by atoms with Gasteiger partial charge in [0.1, 0.15) is 5.75 Å². The van der Waals surface area contributed by atoms with Crippen LogP contribution in [-0.4, -0.2) is 43.0 Å². The monoisotopic (exact) mass is 411 g/mol. The molecule has 0 aliphatic carbocycles. The van der Waals surface area contributed by atoms with E-state index >= 15 is 0 Å². The van der Waals surface area contributed by atoms with Gasteiger partial charge in [0.25, 0.3) is 5.69 Å². The zero-order valence-electron chi connectivity index (χ0n) is 15.0. The summed E-state index contributed by atoms with van der Waals surface area (Å²) < 4.78 is 4.95. The Hall–Kier alpha value is -4.67. The predicted molar refractivity (Wildman–Crippen MR) is 100 cm³/mol.